The molecular weight excluding hydrogens is 300 g/mol. The van der Waals surface area contributed by atoms with Gasteiger partial charge in [0, 0.05) is 24.2 Å². The van der Waals surface area contributed by atoms with E-state index in [1.54, 1.807) is 0 Å². The molecule has 0 spiro atoms. The fraction of sp³-hybridized carbons (Fsp3) is 0.562. The molecule has 1 aliphatic heterocycles. The summed E-state index contributed by atoms with van der Waals surface area (Å²) in [6, 6.07) is 7.53. The van der Waals surface area contributed by atoms with Crippen molar-refractivity contribution in [1.82, 2.24) is 9.62 Å². The van der Waals surface area contributed by atoms with Gasteiger partial charge in [0.25, 0.3) is 5.91 Å². The summed E-state index contributed by atoms with van der Waals surface area (Å²) >= 11 is 0. The van der Waals surface area contributed by atoms with E-state index in [1.807, 2.05) is 29.2 Å². The van der Waals surface area contributed by atoms with Gasteiger partial charge in [0.2, 0.25) is 10.0 Å². The summed E-state index contributed by atoms with van der Waals surface area (Å²) in [7, 11) is -3.24. The third-order valence-corrected chi connectivity index (χ3v) is 5.45. The molecule has 0 aromatic heterocycles. The molecule has 1 aliphatic carbocycles. The Morgan fingerprint density at radius 3 is 2.50 bits per heavy atom. The Balaban J connectivity index is 1.75. The second-order valence-corrected chi connectivity index (χ2v) is 8.19. The molecule has 1 saturated carbocycles. The largest absolute Gasteiger partial charge is 0.334 e. The summed E-state index contributed by atoms with van der Waals surface area (Å²) in [6.07, 6.45) is 3.85. The highest BCUT2D eigenvalue weighted by molar-refractivity contribution is 7.88. The van der Waals surface area contributed by atoms with E-state index in [0.29, 0.717) is 11.5 Å². The zero-order chi connectivity index (χ0) is 15.9. The highest BCUT2D eigenvalue weighted by Crippen LogP contribution is 2.38. The number of rotatable bonds is 4. The lowest BCUT2D eigenvalue weighted by molar-refractivity contribution is 0.0678. The zero-order valence-electron chi connectivity index (χ0n) is 13.0. The monoisotopic (exact) mass is 322 g/mol. The first-order valence-electron chi connectivity index (χ1n) is 7.74. The molecule has 2 bridgehead atoms. The Hall–Kier alpha value is -1.40. The number of benzene rings is 1. The van der Waals surface area contributed by atoms with Crippen LogP contribution in [-0.4, -0.2) is 44.1 Å². The van der Waals surface area contributed by atoms with Crippen molar-refractivity contribution in [2.45, 2.75) is 38.3 Å². The molecule has 1 N–H and O–H groups in total. The van der Waals surface area contributed by atoms with Crippen LogP contribution in [0.25, 0.3) is 0 Å². The van der Waals surface area contributed by atoms with Gasteiger partial charge in [-0.2, -0.15) is 0 Å². The van der Waals surface area contributed by atoms with E-state index in [4.69, 9.17) is 0 Å². The predicted octanol–water partition coefficient (Wildman–Crippen LogP) is 1.40. The lowest BCUT2D eigenvalue weighted by atomic mass is 10.0. The van der Waals surface area contributed by atoms with Gasteiger partial charge in [-0.25, -0.2) is 13.1 Å². The maximum Gasteiger partial charge on any atom is 0.254 e. The SMILES string of the molecule is CCc1ccc(C(=O)N2CC3CC(NS(C)(=O)=O)C2C3)cc1. The van der Waals surface area contributed by atoms with Crippen molar-refractivity contribution in [3.05, 3.63) is 35.4 Å². The Morgan fingerprint density at radius 1 is 1.27 bits per heavy atom. The summed E-state index contributed by atoms with van der Waals surface area (Å²) in [5.74, 6) is 0.415. The lowest BCUT2D eigenvalue weighted by Gasteiger charge is -2.33. The van der Waals surface area contributed by atoms with Gasteiger partial charge in [0.05, 0.1) is 6.26 Å². The zero-order valence-corrected chi connectivity index (χ0v) is 13.8. The lowest BCUT2D eigenvalue weighted by Crippen LogP contribution is -2.51. The van der Waals surface area contributed by atoms with Crippen molar-refractivity contribution in [2.24, 2.45) is 5.92 Å². The number of fused-ring (bicyclic) bond motifs is 2. The summed E-state index contributed by atoms with van der Waals surface area (Å²) in [6.45, 7) is 2.82. The van der Waals surface area contributed by atoms with Crippen LogP contribution >= 0.6 is 0 Å². The first kappa shape index (κ1) is 15.5. The van der Waals surface area contributed by atoms with Gasteiger partial charge in [-0.05, 0) is 42.9 Å². The fourth-order valence-electron chi connectivity index (χ4n) is 3.71. The summed E-state index contributed by atoms with van der Waals surface area (Å²) in [5, 5.41) is 0. The van der Waals surface area contributed by atoms with Crippen molar-refractivity contribution >= 4 is 15.9 Å². The van der Waals surface area contributed by atoms with Crippen LogP contribution in [0.3, 0.4) is 0 Å². The first-order valence-corrected chi connectivity index (χ1v) is 9.63. The van der Waals surface area contributed by atoms with Crippen molar-refractivity contribution in [1.29, 1.82) is 0 Å². The first-order chi connectivity index (χ1) is 10.4. The van der Waals surface area contributed by atoms with Gasteiger partial charge < -0.3 is 4.90 Å². The van der Waals surface area contributed by atoms with Crippen molar-refractivity contribution < 1.29 is 13.2 Å². The summed E-state index contributed by atoms with van der Waals surface area (Å²) in [4.78, 5) is 14.5. The molecule has 1 saturated heterocycles. The van der Waals surface area contributed by atoms with Crippen molar-refractivity contribution in [3.8, 4) is 0 Å². The van der Waals surface area contributed by atoms with Crippen LogP contribution in [-0.2, 0) is 16.4 Å². The number of hydrogen-bond donors (Lipinski definition) is 1. The van der Waals surface area contributed by atoms with Crippen LogP contribution in [0.15, 0.2) is 24.3 Å². The summed E-state index contributed by atoms with van der Waals surface area (Å²) in [5.41, 5.74) is 1.89. The van der Waals surface area contributed by atoms with E-state index in [-0.39, 0.29) is 18.0 Å². The number of hydrogen-bond acceptors (Lipinski definition) is 3. The molecule has 1 amide bonds. The number of nitrogens with one attached hydrogen (secondary N) is 1. The average molecular weight is 322 g/mol. The van der Waals surface area contributed by atoms with Crippen LogP contribution < -0.4 is 4.72 Å². The van der Waals surface area contributed by atoms with E-state index in [2.05, 4.69) is 11.6 Å². The van der Waals surface area contributed by atoms with Gasteiger partial charge in [0.15, 0.2) is 0 Å². The molecule has 3 rings (SSSR count). The molecule has 6 heteroatoms. The third kappa shape index (κ3) is 3.03. The second-order valence-electron chi connectivity index (χ2n) is 6.41. The van der Waals surface area contributed by atoms with E-state index < -0.39 is 10.0 Å². The molecule has 3 atom stereocenters. The van der Waals surface area contributed by atoms with Crippen LogP contribution in [0.1, 0.15) is 35.7 Å². The van der Waals surface area contributed by atoms with E-state index in [1.165, 1.54) is 11.8 Å². The maximum atomic E-state index is 12.7. The smallest absolute Gasteiger partial charge is 0.254 e. The number of piperidine rings is 1. The fourth-order valence-corrected chi connectivity index (χ4v) is 4.51. The van der Waals surface area contributed by atoms with Gasteiger partial charge in [0.1, 0.15) is 0 Å². The molecule has 2 aliphatic rings. The van der Waals surface area contributed by atoms with Gasteiger partial charge in [-0.1, -0.05) is 19.1 Å². The Morgan fingerprint density at radius 2 is 1.95 bits per heavy atom. The average Bonchev–Trinajstić information content (AvgIpc) is 3.04. The van der Waals surface area contributed by atoms with Gasteiger partial charge >= 0.3 is 0 Å². The van der Waals surface area contributed by atoms with E-state index in [9.17, 15) is 13.2 Å². The molecule has 3 unspecified atom stereocenters. The van der Waals surface area contributed by atoms with Crippen molar-refractivity contribution in [2.75, 3.05) is 12.8 Å². The number of carbonyl (C=O) groups excluding carboxylic acids is 1. The van der Waals surface area contributed by atoms with Crippen LogP contribution in [0.5, 0.6) is 0 Å². The number of likely N-dealkylation sites (tertiary alicyclic amines) is 1. The molecule has 1 aromatic carbocycles. The quantitative estimate of drug-likeness (QED) is 0.911. The van der Waals surface area contributed by atoms with Gasteiger partial charge in [-0.3, -0.25) is 4.79 Å². The Kier molecular flexibility index (Phi) is 3.99. The third-order valence-electron chi connectivity index (χ3n) is 4.72. The number of amides is 1. The molecule has 0 radical (unpaired) electrons. The summed E-state index contributed by atoms with van der Waals surface area (Å²) < 4.78 is 25.6. The topological polar surface area (TPSA) is 66.5 Å². The Bertz CT molecular complexity index is 669. The molecule has 1 heterocycles. The highest BCUT2D eigenvalue weighted by atomic mass is 32.2. The molecular formula is C16H22N2O3S. The second kappa shape index (κ2) is 5.66. The molecule has 1 aromatic rings. The van der Waals surface area contributed by atoms with E-state index in [0.717, 1.165) is 25.8 Å². The minimum Gasteiger partial charge on any atom is -0.334 e. The van der Waals surface area contributed by atoms with Crippen LogP contribution in [0.2, 0.25) is 0 Å². The molecule has 120 valence electrons. The molecule has 5 nitrogen and oxygen atoms in total. The standard InChI is InChI=1S/C16H22N2O3S/c1-3-11-4-6-13(7-5-11)16(19)18-10-12-8-14(15(18)9-12)17-22(2,20)21/h4-7,12,14-15,17H,3,8-10H2,1-2H3. The number of carbonyl (C=O) groups is 1. The minimum absolute atomic E-state index is 0.00940. The molecule has 22 heavy (non-hydrogen) atoms. The number of aryl methyl sites for hydroxylation is 1. The maximum absolute atomic E-state index is 12.7. The highest BCUT2D eigenvalue weighted by Gasteiger charge is 2.47. The number of sulfonamides is 1. The minimum atomic E-state index is -3.24. The van der Waals surface area contributed by atoms with Crippen molar-refractivity contribution in [3.63, 3.8) is 0 Å². The number of nitrogens with zero attached hydrogens (tertiary/aromatic N) is 1. The normalized spacial score (nSPS) is 27.4. The van der Waals surface area contributed by atoms with Gasteiger partial charge in [-0.15, -0.1) is 0 Å². The van der Waals surface area contributed by atoms with Crippen LogP contribution in [0, 0.1) is 5.92 Å². The predicted molar refractivity (Wildman–Crippen MR) is 85.1 cm³/mol. The van der Waals surface area contributed by atoms with Crippen LogP contribution in [0.4, 0.5) is 0 Å². The molecule has 2 fully saturated rings. The Labute approximate surface area is 131 Å². The van der Waals surface area contributed by atoms with E-state index >= 15 is 0 Å².